The molecule has 1 heterocycles. The van der Waals surface area contributed by atoms with Crippen molar-refractivity contribution in [3.05, 3.63) is 22.2 Å². The second-order valence-corrected chi connectivity index (χ2v) is 6.15. The maximum atomic E-state index is 12.2. The Bertz CT molecular complexity index is 534. The van der Waals surface area contributed by atoms with E-state index < -0.39 is 11.9 Å². The highest BCUT2D eigenvalue weighted by Gasteiger charge is 2.33. The van der Waals surface area contributed by atoms with E-state index in [9.17, 15) is 9.59 Å². The summed E-state index contributed by atoms with van der Waals surface area (Å²) in [5, 5.41) is 11.8. The number of carboxylic acids is 1. The van der Waals surface area contributed by atoms with E-state index in [1.165, 1.54) is 17.4 Å². The summed E-state index contributed by atoms with van der Waals surface area (Å²) in [6.07, 6.45) is 5.09. The topological polar surface area (TPSA) is 70.5 Å². The number of rotatable bonds is 6. The third kappa shape index (κ3) is 3.90. The highest BCUT2D eigenvalue weighted by molar-refractivity contribution is 7.09. The summed E-state index contributed by atoms with van der Waals surface area (Å²) < 4.78 is 0. The Morgan fingerprint density at radius 3 is 2.80 bits per heavy atom. The molecule has 0 aromatic carbocycles. The van der Waals surface area contributed by atoms with Crippen LogP contribution in [0.15, 0.2) is 11.5 Å². The van der Waals surface area contributed by atoms with Gasteiger partial charge in [-0.3, -0.25) is 9.59 Å². The molecule has 1 aromatic heterocycles. The maximum absolute atomic E-state index is 12.2. The minimum atomic E-state index is -0.873. The number of aliphatic carboxylic acids is 1. The summed E-state index contributed by atoms with van der Waals surface area (Å²) in [6, 6.07) is 0.200. The van der Waals surface area contributed by atoms with Crippen molar-refractivity contribution in [2.45, 2.75) is 32.7 Å². The minimum Gasteiger partial charge on any atom is -0.481 e. The first kappa shape index (κ1) is 14.7. The molecule has 1 saturated carbocycles. The van der Waals surface area contributed by atoms with Crippen molar-refractivity contribution in [2.24, 2.45) is 5.92 Å². The largest absolute Gasteiger partial charge is 0.481 e. The van der Waals surface area contributed by atoms with Gasteiger partial charge in [0, 0.05) is 24.0 Å². The second kappa shape index (κ2) is 6.17. The number of carbonyl (C=O) groups is 2. The Hall–Kier alpha value is -1.69. The number of hydrogen-bond acceptors (Lipinski definition) is 4. The molecule has 2 rings (SSSR count). The van der Waals surface area contributed by atoms with E-state index in [1.54, 1.807) is 17.9 Å². The van der Waals surface area contributed by atoms with Crippen molar-refractivity contribution in [3.63, 3.8) is 0 Å². The molecular weight excluding hydrogens is 276 g/mol. The van der Waals surface area contributed by atoms with E-state index in [2.05, 4.69) is 4.98 Å². The van der Waals surface area contributed by atoms with Crippen LogP contribution in [0, 0.1) is 12.8 Å². The standard InChI is InChI=1S/C14H18N2O3S/c1-9(14(18)19)7-16(12-4-5-12)13(17)6-3-11-8-20-10(2)15-11/h3,6,8-9,12H,4-5,7H2,1-2H3,(H,18,19)/b6-3+. The molecule has 0 radical (unpaired) electrons. The zero-order valence-corrected chi connectivity index (χ0v) is 12.4. The van der Waals surface area contributed by atoms with Gasteiger partial charge in [-0.15, -0.1) is 11.3 Å². The third-order valence-corrected chi connectivity index (χ3v) is 3.99. The molecule has 1 N–H and O–H groups in total. The van der Waals surface area contributed by atoms with E-state index in [1.807, 2.05) is 12.3 Å². The van der Waals surface area contributed by atoms with E-state index in [-0.39, 0.29) is 18.5 Å². The molecule has 5 nitrogen and oxygen atoms in total. The zero-order valence-electron chi connectivity index (χ0n) is 11.6. The molecule has 0 saturated heterocycles. The molecule has 1 aliphatic carbocycles. The van der Waals surface area contributed by atoms with Crippen LogP contribution in [-0.4, -0.2) is 39.5 Å². The molecule has 1 atom stereocenters. The molecule has 1 unspecified atom stereocenters. The number of carbonyl (C=O) groups excluding carboxylic acids is 1. The van der Waals surface area contributed by atoms with Crippen LogP contribution in [0.3, 0.4) is 0 Å². The number of amides is 1. The van der Waals surface area contributed by atoms with Crippen LogP contribution in [0.2, 0.25) is 0 Å². The van der Waals surface area contributed by atoms with Crippen LogP contribution < -0.4 is 0 Å². The number of aromatic nitrogens is 1. The average molecular weight is 294 g/mol. The van der Waals surface area contributed by atoms with Crippen LogP contribution in [-0.2, 0) is 9.59 Å². The second-order valence-electron chi connectivity index (χ2n) is 5.09. The van der Waals surface area contributed by atoms with E-state index in [4.69, 9.17) is 5.11 Å². The van der Waals surface area contributed by atoms with Crippen molar-refractivity contribution >= 4 is 29.3 Å². The minimum absolute atomic E-state index is 0.133. The van der Waals surface area contributed by atoms with Crippen LogP contribution in [0.5, 0.6) is 0 Å². The maximum Gasteiger partial charge on any atom is 0.308 e. The van der Waals surface area contributed by atoms with Crippen LogP contribution in [0.4, 0.5) is 0 Å². The van der Waals surface area contributed by atoms with Gasteiger partial charge in [-0.2, -0.15) is 0 Å². The van der Waals surface area contributed by atoms with Gasteiger partial charge in [0.1, 0.15) is 0 Å². The normalized spacial score (nSPS) is 16.3. The Balaban J connectivity index is 2.00. The average Bonchev–Trinajstić information content (AvgIpc) is 3.15. The summed E-state index contributed by atoms with van der Waals surface area (Å²) in [4.78, 5) is 29.0. The fourth-order valence-electron chi connectivity index (χ4n) is 1.89. The Morgan fingerprint density at radius 2 is 2.30 bits per heavy atom. The first-order valence-corrected chi connectivity index (χ1v) is 7.49. The number of hydrogen-bond donors (Lipinski definition) is 1. The molecule has 1 aromatic rings. The van der Waals surface area contributed by atoms with Crippen molar-refractivity contribution in [3.8, 4) is 0 Å². The van der Waals surface area contributed by atoms with Crippen molar-refractivity contribution in [1.29, 1.82) is 0 Å². The van der Waals surface area contributed by atoms with Crippen molar-refractivity contribution < 1.29 is 14.7 Å². The van der Waals surface area contributed by atoms with Gasteiger partial charge in [0.2, 0.25) is 5.91 Å². The SMILES string of the molecule is Cc1nc(/C=C/C(=O)N(CC(C)C(=O)O)C2CC2)cs1. The molecule has 0 bridgehead atoms. The molecule has 6 heteroatoms. The van der Waals surface area contributed by atoms with Gasteiger partial charge in [0.25, 0.3) is 0 Å². The van der Waals surface area contributed by atoms with Crippen molar-refractivity contribution in [1.82, 2.24) is 9.88 Å². The summed E-state index contributed by atoms with van der Waals surface area (Å²) in [6.45, 7) is 3.80. The number of carboxylic acid groups (broad SMARTS) is 1. The van der Waals surface area contributed by atoms with Gasteiger partial charge in [-0.05, 0) is 25.8 Å². The van der Waals surface area contributed by atoms with Gasteiger partial charge in [-0.25, -0.2) is 4.98 Å². The Labute approximate surface area is 121 Å². The number of thiazole rings is 1. The highest BCUT2D eigenvalue weighted by atomic mass is 32.1. The predicted molar refractivity (Wildman–Crippen MR) is 77.4 cm³/mol. The molecule has 108 valence electrons. The lowest BCUT2D eigenvalue weighted by molar-refractivity contribution is -0.142. The predicted octanol–water partition coefficient (Wildman–Crippen LogP) is 2.18. The van der Waals surface area contributed by atoms with Gasteiger partial charge in [0.15, 0.2) is 0 Å². The highest BCUT2D eigenvalue weighted by Crippen LogP contribution is 2.28. The molecule has 0 spiro atoms. The Morgan fingerprint density at radius 1 is 1.60 bits per heavy atom. The fourth-order valence-corrected chi connectivity index (χ4v) is 2.47. The van der Waals surface area contributed by atoms with Gasteiger partial charge in [0.05, 0.1) is 16.6 Å². The lowest BCUT2D eigenvalue weighted by atomic mass is 10.1. The third-order valence-electron chi connectivity index (χ3n) is 3.20. The van der Waals surface area contributed by atoms with Crippen LogP contribution >= 0.6 is 11.3 Å². The fraction of sp³-hybridized carbons (Fsp3) is 0.500. The monoisotopic (exact) mass is 294 g/mol. The van der Waals surface area contributed by atoms with Crippen LogP contribution in [0.1, 0.15) is 30.5 Å². The van der Waals surface area contributed by atoms with Gasteiger partial charge in [-0.1, -0.05) is 6.92 Å². The molecule has 0 aliphatic heterocycles. The molecule has 1 amide bonds. The lowest BCUT2D eigenvalue weighted by Gasteiger charge is -2.22. The quantitative estimate of drug-likeness (QED) is 0.816. The summed E-state index contributed by atoms with van der Waals surface area (Å²) in [5.74, 6) is -1.55. The van der Waals surface area contributed by atoms with E-state index in [0.29, 0.717) is 0 Å². The Kier molecular flexibility index (Phi) is 4.54. The first-order valence-electron chi connectivity index (χ1n) is 6.61. The molecule has 20 heavy (non-hydrogen) atoms. The van der Waals surface area contributed by atoms with Crippen LogP contribution in [0.25, 0.3) is 6.08 Å². The lowest BCUT2D eigenvalue weighted by Crippen LogP contribution is -2.37. The summed E-state index contributed by atoms with van der Waals surface area (Å²) >= 11 is 1.53. The first-order chi connectivity index (χ1) is 9.47. The van der Waals surface area contributed by atoms with Gasteiger partial charge >= 0.3 is 5.97 Å². The van der Waals surface area contributed by atoms with E-state index in [0.717, 1.165) is 23.5 Å². The zero-order chi connectivity index (χ0) is 14.7. The molecule has 1 fully saturated rings. The van der Waals surface area contributed by atoms with Gasteiger partial charge < -0.3 is 10.0 Å². The van der Waals surface area contributed by atoms with Crippen molar-refractivity contribution in [2.75, 3.05) is 6.54 Å². The summed E-state index contributed by atoms with van der Waals surface area (Å²) in [5.41, 5.74) is 0.767. The molecule has 1 aliphatic rings. The molecular formula is C14H18N2O3S. The number of aryl methyl sites for hydroxylation is 1. The van der Waals surface area contributed by atoms with E-state index >= 15 is 0 Å². The summed E-state index contributed by atoms with van der Waals surface area (Å²) in [7, 11) is 0. The number of nitrogens with zero attached hydrogens (tertiary/aromatic N) is 2. The smallest absolute Gasteiger partial charge is 0.308 e.